The van der Waals surface area contributed by atoms with Crippen LogP contribution in [-0.4, -0.2) is 11.0 Å². The van der Waals surface area contributed by atoms with Gasteiger partial charge in [0.25, 0.3) is 0 Å². The average molecular weight is 373 g/mol. The van der Waals surface area contributed by atoms with Gasteiger partial charge in [-0.1, -0.05) is 44.2 Å². The second-order valence-corrected chi connectivity index (χ2v) is 6.33. The highest BCUT2D eigenvalue weighted by molar-refractivity contribution is 9.10. The molecule has 0 bridgehead atoms. The first-order valence-corrected chi connectivity index (χ1v) is 8.46. The molecular weight excluding hydrogens is 354 g/mol. The lowest BCUT2D eigenvalue weighted by Crippen LogP contribution is -2.07. The minimum absolute atomic E-state index is 0.201. The van der Waals surface area contributed by atoms with Crippen LogP contribution in [-0.2, 0) is 4.79 Å². The molecule has 0 unspecified atom stereocenters. The summed E-state index contributed by atoms with van der Waals surface area (Å²) in [6.45, 7) is 2.17. The van der Waals surface area contributed by atoms with Gasteiger partial charge in [-0.15, -0.1) is 0 Å². The van der Waals surface area contributed by atoms with Gasteiger partial charge in [0.15, 0.2) is 0 Å². The number of hydrogen-bond acceptors (Lipinski definition) is 2. The Balaban J connectivity index is 1.91. The van der Waals surface area contributed by atoms with Crippen molar-refractivity contribution in [2.24, 2.45) is 0 Å². The van der Waals surface area contributed by atoms with Gasteiger partial charge in [-0.3, -0.25) is 4.79 Å². The molecule has 2 aromatic rings. The Bertz CT molecular complexity index is 624. The van der Waals surface area contributed by atoms with Crippen molar-refractivity contribution in [1.29, 1.82) is 0 Å². The third-order valence-electron chi connectivity index (χ3n) is 3.37. The number of nitrogens with one attached hydrogen (secondary N) is 1. The molecule has 0 aliphatic heterocycles. The number of carbonyl (C=O) groups excluding carboxylic acids is 1. The van der Waals surface area contributed by atoms with Crippen LogP contribution in [0, 0.1) is 0 Å². The van der Waals surface area contributed by atoms with E-state index in [1.165, 1.54) is 19.3 Å². The monoisotopic (exact) mass is 371 g/mol. The Kier molecular flexibility index (Phi) is 6.12. The second-order valence-electron chi connectivity index (χ2n) is 5.09. The van der Waals surface area contributed by atoms with Crippen LogP contribution in [0.1, 0.15) is 45.4 Å². The van der Waals surface area contributed by atoms with E-state index < -0.39 is 0 Å². The first-order chi connectivity index (χ1) is 10.1. The summed E-state index contributed by atoms with van der Waals surface area (Å²) in [6.07, 6.45) is 6.02. The molecule has 3 nitrogen and oxygen atoms in total. The van der Waals surface area contributed by atoms with Crippen LogP contribution in [0.2, 0.25) is 5.02 Å². The molecule has 0 fully saturated rings. The van der Waals surface area contributed by atoms with Gasteiger partial charge >= 0.3 is 5.97 Å². The molecule has 0 aliphatic rings. The quantitative estimate of drug-likeness (QED) is 0.489. The Morgan fingerprint density at radius 2 is 2.05 bits per heavy atom. The summed E-state index contributed by atoms with van der Waals surface area (Å²) in [6, 6.07) is 5.52. The van der Waals surface area contributed by atoms with E-state index in [2.05, 4.69) is 27.8 Å². The number of esters is 1. The molecule has 0 aliphatic carbocycles. The van der Waals surface area contributed by atoms with Crippen LogP contribution in [0.5, 0.6) is 5.88 Å². The fourth-order valence-corrected chi connectivity index (χ4v) is 2.78. The van der Waals surface area contributed by atoms with Gasteiger partial charge in [0.05, 0.1) is 5.02 Å². The van der Waals surface area contributed by atoms with Crippen molar-refractivity contribution in [2.45, 2.75) is 45.4 Å². The molecule has 0 radical (unpaired) electrons. The van der Waals surface area contributed by atoms with Gasteiger partial charge in [0, 0.05) is 27.9 Å². The molecule has 114 valence electrons. The smallest absolute Gasteiger partial charge is 0.312 e. The van der Waals surface area contributed by atoms with Crippen LogP contribution in [0.3, 0.4) is 0 Å². The predicted octanol–water partition coefficient (Wildman–Crippen LogP) is 5.85. The van der Waals surface area contributed by atoms with Gasteiger partial charge < -0.3 is 9.72 Å². The first kappa shape index (κ1) is 16.4. The van der Waals surface area contributed by atoms with Gasteiger partial charge in [-0.2, -0.15) is 0 Å². The fourth-order valence-electron chi connectivity index (χ4n) is 2.22. The maximum Gasteiger partial charge on any atom is 0.312 e. The normalized spacial score (nSPS) is 11.0. The zero-order chi connectivity index (χ0) is 15.2. The van der Waals surface area contributed by atoms with Crippen molar-refractivity contribution in [1.82, 2.24) is 4.98 Å². The number of benzene rings is 1. The highest BCUT2D eigenvalue weighted by atomic mass is 79.9. The van der Waals surface area contributed by atoms with Crippen molar-refractivity contribution in [2.75, 3.05) is 0 Å². The summed E-state index contributed by atoms with van der Waals surface area (Å²) in [5.74, 6) is 0.247. The lowest BCUT2D eigenvalue weighted by molar-refractivity contribution is -0.134. The van der Waals surface area contributed by atoms with Gasteiger partial charge in [-0.25, -0.2) is 0 Å². The highest BCUT2D eigenvalue weighted by Gasteiger charge is 2.11. The SMILES string of the molecule is CCCCCCCC(=O)Oc1cc2c(Cl)c(Br)ccc2[nH]1. The van der Waals surface area contributed by atoms with E-state index in [4.69, 9.17) is 16.3 Å². The average Bonchev–Trinajstić information content (AvgIpc) is 2.86. The van der Waals surface area contributed by atoms with Crippen LogP contribution < -0.4 is 4.74 Å². The standard InChI is InChI=1S/C16H19BrClNO2/c1-2-3-4-5-6-7-15(20)21-14-10-11-13(19-14)9-8-12(17)16(11)18/h8-10,19H,2-7H2,1H3. The number of rotatable bonds is 7. The summed E-state index contributed by atoms with van der Waals surface area (Å²) in [5, 5.41) is 1.46. The Morgan fingerprint density at radius 3 is 2.81 bits per heavy atom. The summed E-state index contributed by atoms with van der Waals surface area (Å²) in [4.78, 5) is 14.8. The number of fused-ring (bicyclic) bond motifs is 1. The van der Waals surface area contributed by atoms with Crippen LogP contribution in [0.15, 0.2) is 22.7 Å². The van der Waals surface area contributed by atoms with Crippen LogP contribution in [0.25, 0.3) is 10.9 Å². The van der Waals surface area contributed by atoms with E-state index >= 15 is 0 Å². The Morgan fingerprint density at radius 1 is 1.29 bits per heavy atom. The molecule has 0 spiro atoms. The molecule has 1 heterocycles. The number of ether oxygens (including phenoxy) is 1. The number of aromatic nitrogens is 1. The highest BCUT2D eigenvalue weighted by Crippen LogP contribution is 2.33. The zero-order valence-corrected chi connectivity index (χ0v) is 14.4. The predicted molar refractivity (Wildman–Crippen MR) is 90.0 cm³/mol. The van der Waals surface area contributed by atoms with Crippen molar-refractivity contribution >= 4 is 44.4 Å². The number of halogens is 2. The summed E-state index contributed by atoms with van der Waals surface area (Å²) < 4.78 is 6.16. The number of H-pyrrole nitrogens is 1. The van der Waals surface area contributed by atoms with E-state index in [0.717, 1.165) is 28.2 Å². The van der Waals surface area contributed by atoms with Crippen LogP contribution in [0.4, 0.5) is 0 Å². The summed E-state index contributed by atoms with van der Waals surface area (Å²) >= 11 is 9.58. The van der Waals surface area contributed by atoms with E-state index in [9.17, 15) is 4.79 Å². The van der Waals surface area contributed by atoms with E-state index in [1.54, 1.807) is 6.07 Å². The zero-order valence-electron chi connectivity index (χ0n) is 12.0. The van der Waals surface area contributed by atoms with Gasteiger partial charge in [-0.05, 0) is 34.5 Å². The second kappa shape index (κ2) is 7.85. The molecule has 1 N–H and O–H groups in total. The van der Waals surface area contributed by atoms with E-state index in [-0.39, 0.29) is 5.97 Å². The molecule has 0 saturated carbocycles. The minimum atomic E-state index is -0.201. The maximum atomic E-state index is 11.8. The molecule has 0 saturated heterocycles. The first-order valence-electron chi connectivity index (χ1n) is 7.29. The third kappa shape index (κ3) is 4.48. The topological polar surface area (TPSA) is 42.1 Å². The maximum absolute atomic E-state index is 11.8. The lowest BCUT2D eigenvalue weighted by atomic mass is 10.1. The summed E-state index contributed by atoms with van der Waals surface area (Å²) in [7, 11) is 0. The third-order valence-corrected chi connectivity index (χ3v) is 4.67. The van der Waals surface area contributed by atoms with Crippen molar-refractivity contribution in [3.05, 3.63) is 27.7 Å². The van der Waals surface area contributed by atoms with Crippen molar-refractivity contribution in [3.63, 3.8) is 0 Å². The van der Waals surface area contributed by atoms with Crippen molar-refractivity contribution in [3.8, 4) is 5.88 Å². The number of unbranched alkanes of at least 4 members (excludes halogenated alkanes) is 4. The molecular formula is C16H19BrClNO2. The molecule has 0 atom stereocenters. The number of carbonyl (C=O) groups is 1. The number of aromatic amines is 1. The largest absolute Gasteiger partial charge is 0.409 e. The van der Waals surface area contributed by atoms with E-state index in [1.807, 2.05) is 12.1 Å². The van der Waals surface area contributed by atoms with E-state index in [0.29, 0.717) is 17.3 Å². The molecule has 1 aromatic heterocycles. The van der Waals surface area contributed by atoms with Crippen molar-refractivity contribution < 1.29 is 9.53 Å². The molecule has 2 rings (SSSR count). The minimum Gasteiger partial charge on any atom is -0.409 e. The Labute approximate surface area is 138 Å². The van der Waals surface area contributed by atoms with Crippen LogP contribution >= 0.6 is 27.5 Å². The molecule has 5 heteroatoms. The molecule has 21 heavy (non-hydrogen) atoms. The Hall–Kier alpha value is -1.00. The summed E-state index contributed by atoms with van der Waals surface area (Å²) in [5.41, 5.74) is 0.856. The number of hydrogen-bond donors (Lipinski definition) is 1. The molecule has 1 aromatic carbocycles. The van der Waals surface area contributed by atoms with Gasteiger partial charge in [0.1, 0.15) is 0 Å². The fraction of sp³-hybridized carbons (Fsp3) is 0.438. The lowest BCUT2D eigenvalue weighted by Gasteiger charge is -2.01. The van der Waals surface area contributed by atoms with Gasteiger partial charge in [0.2, 0.25) is 5.88 Å². The molecule has 0 amide bonds.